The first-order valence-electron chi connectivity index (χ1n) is 7.84. The number of rotatable bonds is 4. The molecule has 9 heteroatoms. The summed E-state index contributed by atoms with van der Waals surface area (Å²) in [5, 5.41) is 19.5. The van der Waals surface area contributed by atoms with E-state index in [9.17, 15) is 14.9 Å². The molecule has 1 atom stereocenters. The Morgan fingerprint density at radius 3 is 2.46 bits per heavy atom. The Morgan fingerprint density at radius 1 is 1.19 bits per heavy atom. The van der Waals surface area contributed by atoms with E-state index in [2.05, 4.69) is 20.5 Å². The van der Waals surface area contributed by atoms with Crippen LogP contribution in [0.15, 0.2) is 39.9 Å². The van der Waals surface area contributed by atoms with E-state index >= 15 is 0 Å². The van der Waals surface area contributed by atoms with Crippen LogP contribution in [0.25, 0.3) is 0 Å². The minimum Gasteiger partial charge on any atom is -0.356 e. The third-order valence-electron chi connectivity index (χ3n) is 4.06. The van der Waals surface area contributed by atoms with E-state index in [1.807, 2.05) is 36.4 Å². The van der Waals surface area contributed by atoms with Crippen LogP contribution in [0.5, 0.6) is 0 Å². The lowest BCUT2D eigenvalue weighted by Gasteiger charge is -2.20. The predicted octanol–water partition coefficient (Wildman–Crippen LogP) is 0.584. The zero-order valence-corrected chi connectivity index (χ0v) is 14.5. The van der Waals surface area contributed by atoms with Gasteiger partial charge in [0.25, 0.3) is 5.56 Å². The smallest absolute Gasteiger partial charge is 0.332 e. The van der Waals surface area contributed by atoms with Crippen molar-refractivity contribution in [3.8, 4) is 6.07 Å². The van der Waals surface area contributed by atoms with Crippen molar-refractivity contribution in [2.75, 3.05) is 5.32 Å². The first-order chi connectivity index (χ1) is 12.4. The van der Waals surface area contributed by atoms with Gasteiger partial charge in [-0.3, -0.25) is 19.0 Å². The molecule has 0 aliphatic carbocycles. The second kappa shape index (κ2) is 6.68. The second-order valence-corrected chi connectivity index (χ2v) is 5.81. The van der Waals surface area contributed by atoms with Gasteiger partial charge in [0, 0.05) is 14.1 Å². The van der Waals surface area contributed by atoms with Crippen LogP contribution in [0.1, 0.15) is 28.8 Å². The minimum absolute atomic E-state index is 0.122. The molecule has 2 heterocycles. The molecule has 3 aromatic rings. The van der Waals surface area contributed by atoms with Crippen molar-refractivity contribution >= 4 is 5.82 Å². The normalized spacial score (nSPS) is 11.8. The number of hydrogen-bond donors (Lipinski definition) is 2. The third-order valence-corrected chi connectivity index (χ3v) is 4.06. The molecule has 0 radical (unpaired) electrons. The van der Waals surface area contributed by atoms with Crippen LogP contribution in [0.4, 0.5) is 5.82 Å². The molecule has 0 bridgehead atoms. The number of nitrogens with zero attached hydrogens (tertiary/aromatic N) is 5. The standard InChI is InChI=1S/C17H17N7O2/c1-10-19-14(22-21-10)13(11-7-5-4-6-8-11)20-15-12(9-18)16(25)24(3)17(26)23(15)2/h4-8,13,20H,1-3H3,(H,19,21,22). The second-order valence-electron chi connectivity index (χ2n) is 5.81. The molecule has 0 amide bonds. The lowest BCUT2D eigenvalue weighted by atomic mass is 10.1. The van der Waals surface area contributed by atoms with Crippen LogP contribution in [0, 0.1) is 18.3 Å². The van der Waals surface area contributed by atoms with E-state index in [-0.39, 0.29) is 11.4 Å². The predicted molar refractivity (Wildman–Crippen MR) is 94.7 cm³/mol. The summed E-state index contributed by atoms with van der Waals surface area (Å²) in [5.74, 6) is 1.18. The molecular formula is C17H17N7O2. The first kappa shape index (κ1) is 17.2. The van der Waals surface area contributed by atoms with E-state index in [0.29, 0.717) is 11.6 Å². The van der Waals surface area contributed by atoms with Gasteiger partial charge in [-0.2, -0.15) is 10.4 Å². The third kappa shape index (κ3) is 2.88. The largest absolute Gasteiger partial charge is 0.356 e. The minimum atomic E-state index is -0.656. The molecular weight excluding hydrogens is 334 g/mol. The molecule has 0 aliphatic rings. The number of nitriles is 1. The highest BCUT2D eigenvalue weighted by molar-refractivity contribution is 5.53. The average molecular weight is 351 g/mol. The lowest BCUT2D eigenvalue weighted by molar-refractivity contribution is 0.678. The fourth-order valence-electron chi connectivity index (χ4n) is 2.68. The molecule has 0 spiro atoms. The van der Waals surface area contributed by atoms with Gasteiger partial charge in [0.1, 0.15) is 23.8 Å². The zero-order chi connectivity index (χ0) is 18.8. The van der Waals surface area contributed by atoms with Crippen molar-refractivity contribution in [2.45, 2.75) is 13.0 Å². The highest BCUT2D eigenvalue weighted by Gasteiger charge is 2.23. The Kier molecular flexibility index (Phi) is 4.41. The molecule has 0 saturated carbocycles. The van der Waals surface area contributed by atoms with Gasteiger partial charge in [-0.05, 0) is 12.5 Å². The number of aromatic amines is 1. The molecule has 2 aromatic heterocycles. The van der Waals surface area contributed by atoms with Gasteiger partial charge in [0.15, 0.2) is 11.4 Å². The summed E-state index contributed by atoms with van der Waals surface area (Å²) in [6.45, 7) is 1.77. The topological polar surface area (TPSA) is 121 Å². The monoisotopic (exact) mass is 351 g/mol. The summed E-state index contributed by atoms with van der Waals surface area (Å²) in [4.78, 5) is 28.9. The number of H-pyrrole nitrogens is 1. The number of anilines is 1. The molecule has 0 aliphatic heterocycles. The summed E-state index contributed by atoms with van der Waals surface area (Å²) in [7, 11) is 2.83. The summed E-state index contributed by atoms with van der Waals surface area (Å²) in [5.41, 5.74) is -0.517. The highest BCUT2D eigenvalue weighted by Crippen LogP contribution is 2.24. The van der Waals surface area contributed by atoms with Crippen LogP contribution in [-0.2, 0) is 14.1 Å². The Balaban J connectivity index is 2.19. The molecule has 1 aromatic carbocycles. The maximum atomic E-state index is 12.3. The SMILES string of the molecule is Cc1nc(C(Nc2c(C#N)c(=O)n(C)c(=O)n2C)c2ccccc2)n[nH]1. The number of nitrogens with one attached hydrogen (secondary N) is 2. The highest BCUT2D eigenvalue weighted by atomic mass is 16.2. The number of hydrogen-bond acceptors (Lipinski definition) is 6. The molecule has 0 fully saturated rings. The fourth-order valence-corrected chi connectivity index (χ4v) is 2.68. The zero-order valence-electron chi connectivity index (χ0n) is 14.5. The molecule has 1 unspecified atom stereocenters. The van der Waals surface area contributed by atoms with Gasteiger partial charge in [-0.15, -0.1) is 0 Å². The lowest BCUT2D eigenvalue weighted by Crippen LogP contribution is -2.40. The summed E-state index contributed by atoms with van der Waals surface area (Å²) >= 11 is 0. The Labute approximate surface area is 148 Å². The van der Waals surface area contributed by atoms with E-state index in [0.717, 1.165) is 10.1 Å². The van der Waals surface area contributed by atoms with Crippen LogP contribution >= 0.6 is 0 Å². The maximum absolute atomic E-state index is 12.3. The summed E-state index contributed by atoms with van der Waals surface area (Å²) in [6.07, 6.45) is 0. The Hall–Kier alpha value is -3.67. The van der Waals surface area contributed by atoms with Crippen molar-refractivity contribution in [3.05, 3.63) is 73.9 Å². The molecule has 26 heavy (non-hydrogen) atoms. The fraction of sp³-hybridized carbons (Fsp3) is 0.235. The van der Waals surface area contributed by atoms with Crippen molar-refractivity contribution in [3.63, 3.8) is 0 Å². The van der Waals surface area contributed by atoms with Crippen LogP contribution in [0.3, 0.4) is 0 Å². The maximum Gasteiger partial charge on any atom is 0.332 e. The quantitative estimate of drug-likeness (QED) is 0.709. The van der Waals surface area contributed by atoms with Gasteiger partial charge in [-0.1, -0.05) is 30.3 Å². The first-order valence-corrected chi connectivity index (χ1v) is 7.84. The summed E-state index contributed by atoms with van der Waals surface area (Å²) < 4.78 is 2.13. The molecule has 9 nitrogen and oxygen atoms in total. The van der Waals surface area contributed by atoms with E-state index in [4.69, 9.17) is 0 Å². The molecule has 132 valence electrons. The molecule has 2 N–H and O–H groups in total. The van der Waals surface area contributed by atoms with Gasteiger partial charge >= 0.3 is 5.69 Å². The van der Waals surface area contributed by atoms with Gasteiger partial charge in [-0.25, -0.2) is 9.78 Å². The van der Waals surface area contributed by atoms with Crippen LogP contribution in [-0.4, -0.2) is 24.3 Å². The van der Waals surface area contributed by atoms with Crippen molar-refractivity contribution in [1.29, 1.82) is 5.26 Å². The Bertz CT molecular complexity index is 1100. The molecule has 0 saturated heterocycles. The number of aryl methyl sites for hydroxylation is 1. The van der Waals surface area contributed by atoms with Gasteiger partial charge < -0.3 is 5.32 Å². The van der Waals surface area contributed by atoms with Gasteiger partial charge in [0.05, 0.1) is 0 Å². The van der Waals surface area contributed by atoms with Crippen molar-refractivity contribution in [1.82, 2.24) is 24.3 Å². The van der Waals surface area contributed by atoms with Crippen molar-refractivity contribution in [2.24, 2.45) is 14.1 Å². The van der Waals surface area contributed by atoms with Crippen LogP contribution < -0.4 is 16.6 Å². The summed E-state index contributed by atoms with van der Waals surface area (Å²) in [6, 6.07) is 10.7. The Morgan fingerprint density at radius 2 is 1.88 bits per heavy atom. The number of aromatic nitrogens is 5. The van der Waals surface area contributed by atoms with E-state index in [1.54, 1.807) is 6.92 Å². The van der Waals surface area contributed by atoms with Gasteiger partial charge in [0.2, 0.25) is 0 Å². The van der Waals surface area contributed by atoms with Crippen molar-refractivity contribution < 1.29 is 0 Å². The van der Waals surface area contributed by atoms with E-state index in [1.165, 1.54) is 18.7 Å². The number of benzene rings is 1. The van der Waals surface area contributed by atoms with E-state index < -0.39 is 17.3 Å². The molecule has 3 rings (SSSR count). The average Bonchev–Trinajstić information content (AvgIpc) is 3.08. The van der Waals surface area contributed by atoms with Crippen LogP contribution in [0.2, 0.25) is 0 Å².